The summed E-state index contributed by atoms with van der Waals surface area (Å²) in [5.74, 6) is 0. The lowest BCUT2D eigenvalue weighted by Gasteiger charge is -2.11. The first-order valence-electron chi connectivity index (χ1n) is 11.0. The van der Waals surface area contributed by atoms with Crippen LogP contribution in [0.3, 0.4) is 0 Å². The van der Waals surface area contributed by atoms with Crippen molar-refractivity contribution in [1.82, 2.24) is 4.57 Å². The molecular formula is C30H15N3O. The first-order chi connectivity index (χ1) is 16.8. The number of furan rings is 1. The first kappa shape index (κ1) is 18.5. The second-order valence-corrected chi connectivity index (χ2v) is 8.40. The highest BCUT2D eigenvalue weighted by Gasteiger charge is 2.18. The number of fused-ring (bicyclic) bond motifs is 9. The molecule has 7 aromatic rings. The molecule has 0 radical (unpaired) electrons. The Hall–Kier alpha value is -5.06. The lowest BCUT2D eigenvalue weighted by Crippen LogP contribution is -1.96. The molecule has 0 saturated heterocycles. The molecule has 34 heavy (non-hydrogen) atoms. The summed E-state index contributed by atoms with van der Waals surface area (Å²) in [5.41, 5.74) is 5.43. The van der Waals surface area contributed by atoms with Crippen LogP contribution in [0.5, 0.6) is 0 Å². The van der Waals surface area contributed by atoms with Gasteiger partial charge in [-0.2, -0.15) is 10.5 Å². The van der Waals surface area contributed by atoms with Crippen molar-refractivity contribution in [3.8, 4) is 17.8 Å². The van der Waals surface area contributed by atoms with E-state index in [1.54, 1.807) is 12.1 Å². The highest BCUT2D eigenvalue weighted by atomic mass is 16.3. The summed E-state index contributed by atoms with van der Waals surface area (Å²) in [6.07, 6.45) is 0. The summed E-state index contributed by atoms with van der Waals surface area (Å²) in [6, 6.07) is 34.6. The quantitative estimate of drug-likeness (QED) is 0.268. The summed E-state index contributed by atoms with van der Waals surface area (Å²) >= 11 is 0. The molecule has 5 aromatic carbocycles. The third kappa shape index (κ3) is 2.34. The monoisotopic (exact) mass is 433 g/mol. The SMILES string of the molecule is N#Cc1ccc(-n2c3ccccc3c3ccc4c(ccc5c6ccccc6oc54)c32)cc1C#N. The van der Waals surface area contributed by atoms with Gasteiger partial charge in [-0.3, -0.25) is 0 Å². The van der Waals surface area contributed by atoms with Gasteiger partial charge in [-0.25, -0.2) is 0 Å². The van der Waals surface area contributed by atoms with Crippen molar-refractivity contribution in [2.75, 3.05) is 0 Å². The van der Waals surface area contributed by atoms with Gasteiger partial charge in [0.05, 0.1) is 22.2 Å². The number of hydrogen-bond acceptors (Lipinski definition) is 3. The van der Waals surface area contributed by atoms with Crippen molar-refractivity contribution < 1.29 is 4.42 Å². The molecule has 4 heteroatoms. The Morgan fingerprint density at radius 2 is 1.24 bits per heavy atom. The van der Waals surface area contributed by atoms with E-state index in [2.05, 4.69) is 59.2 Å². The Labute approximate surface area is 194 Å². The van der Waals surface area contributed by atoms with Crippen molar-refractivity contribution in [1.29, 1.82) is 10.5 Å². The van der Waals surface area contributed by atoms with Crippen LogP contribution in [0, 0.1) is 22.7 Å². The van der Waals surface area contributed by atoms with E-state index < -0.39 is 0 Å². The standard InChI is InChI=1S/C30H15N3O/c31-16-18-9-10-20(15-19(18)17-32)33-27-7-3-1-5-21(27)23-11-14-26-24(29(23)33)12-13-25-22-6-2-4-8-28(22)34-30(25)26/h1-15H. The highest BCUT2D eigenvalue weighted by Crippen LogP contribution is 2.40. The predicted octanol–water partition coefficient (Wildman–Crippen LogP) is 7.58. The largest absolute Gasteiger partial charge is 0.455 e. The van der Waals surface area contributed by atoms with E-state index in [9.17, 15) is 10.5 Å². The lowest BCUT2D eigenvalue weighted by molar-refractivity contribution is 0.672. The van der Waals surface area contributed by atoms with Gasteiger partial charge < -0.3 is 8.98 Å². The molecule has 2 heterocycles. The number of hydrogen-bond donors (Lipinski definition) is 0. The zero-order chi connectivity index (χ0) is 22.8. The van der Waals surface area contributed by atoms with Crippen molar-refractivity contribution in [2.45, 2.75) is 0 Å². The average Bonchev–Trinajstić information content (AvgIpc) is 3.44. The molecule has 0 aliphatic heterocycles. The van der Waals surface area contributed by atoms with Crippen molar-refractivity contribution >= 4 is 54.5 Å². The Morgan fingerprint density at radius 1 is 0.588 bits per heavy atom. The summed E-state index contributed by atoms with van der Waals surface area (Å²) in [4.78, 5) is 0. The molecule has 0 fully saturated rings. The fourth-order valence-electron chi connectivity index (χ4n) is 5.18. The summed E-state index contributed by atoms with van der Waals surface area (Å²) in [6.45, 7) is 0. The molecule has 156 valence electrons. The Bertz CT molecular complexity index is 2040. The molecule has 2 aromatic heterocycles. The Morgan fingerprint density at radius 3 is 2.03 bits per heavy atom. The second kappa shape index (κ2) is 6.72. The van der Waals surface area contributed by atoms with Crippen molar-refractivity contribution in [3.63, 3.8) is 0 Å². The molecule has 0 amide bonds. The Kier molecular flexibility index (Phi) is 3.66. The van der Waals surface area contributed by atoms with Gasteiger partial charge in [0.1, 0.15) is 23.3 Å². The second-order valence-electron chi connectivity index (χ2n) is 8.40. The molecule has 0 aliphatic rings. The number of para-hydroxylation sites is 2. The van der Waals surface area contributed by atoms with Gasteiger partial charge in [-0.05, 0) is 42.5 Å². The summed E-state index contributed by atoms with van der Waals surface area (Å²) in [7, 11) is 0. The highest BCUT2D eigenvalue weighted by molar-refractivity contribution is 6.24. The minimum Gasteiger partial charge on any atom is -0.455 e. The van der Waals surface area contributed by atoms with Gasteiger partial charge in [-0.15, -0.1) is 0 Å². The Balaban J connectivity index is 1.68. The van der Waals surface area contributed by atoms with E-state index in [1.807, 2.05) is 36.4 Å². The van der Waals surface area contributed by atoms with Crippen LogP contribution in [0.25, 0.3) is 60.2 Å². The number of benzene rings is 5. The lowest BCUT2D eigenvalue weighted by atomic mass is 10.0. The van der Waals surface area contributed by atoms with Crippen molar-refractivity contribution in [2.24, 2.45) is 0 Å². The summed E-state index contributed by atoms with van der Waals surface area (Å²) < 4.78 is 8.50. The molecule has 0 saturated carbocycles. The number of nitrogens with zero attached hydrogens (tertiary/aromatic N) is 3. The van der Waals surface area contributed by atoms with E-state index in [-0.39, 0.29) is 0 Å². The smallest absolute Gasteiger partial charge is 0.143 e. The number of rotatable bonds is 1. The fourth-order valence-corrected chi connectivity index (χ4v) is 5.18. The molecule has 0 N–H and O–H groups in total. The molecule has 0 aliphatic carbocycles. The molecule has 0 atom stereocenters. The van der Waals surface area contributed by atoms with E-state index in [1.165, 1.54) is 0 Å². The van der Waals surface area contributed by atoms with Crippen LogP contribution in [-0.2, 0) is 0 Å². The average molecular weight is 433 g/mol. The van der Waals surface area contributed by atoms with E-state index in [4.69, 9.17) is 4.42 Å². The maximum absolute atomic E-state index is 9.63. The van der Waals surface area contributed by atoms with Gasteiger partial charge in [-0.1, -0.05) is 48.5 Å². The molecule has 0 spiro atoms. The van der Waals surface area contributed by atoms with Crippen LogP contribution in [0.2, 0.25) is 0 Å². The van der Waals surface area contributed by atoms with Crippen LogP contribution in [0.4, 0.5) is 0 Å². The van der Waals surface area contributed by atoms with E-state index >= 15 is 0 Å². The number of nitriles is 2. The maximum atomic E-state index is 9.63. The third-order valence-electron chi connectivity index (χ3n) is 6.67. The fraction of sp³-hybridized carbons (Fsp3) is 0. The van der Waals surface area contributed by atoms with Crippen LogP contribution >= 0.6 is 0 Å². The minimum absolute atomic E-state index is 0.367. The van der Waals surface area contributed by atoms with Crippen LogP contribution in [0.1, 0.15) is 11.1 Å². The first-order valence-corrected chi connectivity index (χ1v) is 11.0. The molecule has 4 nitrogen and oxygen atoms in total. The zero-order valence-electron chi connectivity index (χ0n) is 17.9. The normalized spacial score (nSPS) is 11.5. The van der Waals surface area contributed by atoms with Gasteiger partial charge in [0.25, 0.3) is 0 Å². The molecular weight excluding hydrogens is 418 g/mol. The minimum atomic E-state index is 0.367. The van der Waals surface area contributed by atoms with Gasteiger partial charge in [0.15, 0.2) is 0 Å². The van der Waals surface area contributed by atoms with E-state index in [0.29, 0.717) is 11.1 Å². The maximum Gasteiger partial charge on any atom is 0.143 e. The van der Waals surface area contributed by atoms with Crippen LogP contribution < -0.4 is 0 Å². The van der Waals surface area contributed by atoms with Gasteiger partial charge in [0, 0.05) is 38.0 Å². The molecule has 7 rings (SSSR count). The van der Waals surface area contributed by atoms with Crippen LogP contribution in [0.15, 0.2) is 95.4 Å². The number of aromatic nitrogens is 1. The summed E-state index contributed by atoms with van der Waals surface area (Å²) in [5, 5.41) is 25.6. The van der Waals surface area contributed by atoms with Crippen molar-refractivity contribution in [3.05, 3.63) is 102 Å². The van der Waals surface area contributed by atoms with Crippen LogP contribution in [-0.4, -0.2) is 4.57 Å². The zero-order valence-corrected chi connectivity index (χ0v) is 17.9. The third-order valence-corrected chi connectivity index (χ3v) is 6.67. The van der Waals surface area contributed by atoms with E-state index in [0.717, 1.165) is 60.2 Å². The molecule has 0 unspecified atom stereocenters. The molecule has 0 bridgehead atoms. The van der Waals surface area contributed by atoms with Gasteiger partial charge in [0.2, 0.25) is 0 Å². The predicted molar refractivity (Wildman–Crippen MR) is 135 cm³/mol. The topological polar surface area (TPSA) is 65.7 Å². The van der Waals surface area contributed by atoms with Gasteiger partial charge >= 0.3 is 0 Å².